The maximum Gasteiger partial charge on any atom is 0.333 e. The number of hydrogen-bond donors (Lipinski definition) is 0. The largest absolute Gasteiger partial charge is 1.00 e. The number of likely N-dealkylation sites (N-methyl/N-ethyl adjacent to an activating group) is 1. The van der Waals surface area contributed by atoms with Gasteiger partial charge in [-0.05, 0) is 13.8 Å². The minimum absolute atomic E-state index is 0. The van der Waals surface area contributed by atoms with Gasteiger partial charge in [-0.2, -0.15) is 0 Å². The smallest absolute Gasteiger partial charge is 0.333 e. The number of carbonyl (C=O) groups excluding carboxylic acids is 2. The fourth-order valence-electron chi connectivity index (χ4n) is 1.13. The van der Waals surface area contributed by atoms with Crippen LogP contribution in [0.5, 0.6) is 0 Å². The molecular weight excluding hydrogens is 282 g/mol. The molecule has 0 radical (unpaired) electrons. The first-order valence-corrected chi connectivity index (χ1v) is 6.13. The van der Waals surface area contributed by atoms with Gasteiger partial charge < -0.3 is 26.4 Å². The molecule has 5 nitrogen and oxygen atoms in total. The lowest BCUT2D eigenvalue weighted by molar-refractivity contribution is -0.890. The van der Waals surface area contributed by atoms with Crippen molar-refractivity contribution < 1.29 is 36.0 Å². The van der Waals surface area contributed by atoms with Crippen molar-refractivity contribution in [3.05, 3.63) is 24.3 Å². The van der Waals surface area contributed by atoms with E-state index in [2.05, 4.69) is 13.2 Å². The first-order valence-electron chi connectivity index (χ1n) is 6.13. The normalized spacial score (nSPS) is 10.2. The lowest BCUT2D eigenvalue weighted by atomic mass is 10.3. The summed E-state index contributed by atoms with van der Waals surface area (Å²) in [5.74, 6) is -0.762. The first-order chi connectivity index (χ1) is 8.65. The molecule has 0 rings (SSSR count). The van der Waals surface area contributed by atoms with Crippen LogP contribution in [0.2, 0.25) is 0 Å². The van der Waals surface area contributed by atoms with Gasteiger partial charge in [-0.3, -0.25) is 0 Å². The average Bonchev–Trinajstić information content (AvgIpc) is 2.27. The highest BCUT2D eigenvalue weighted by molar-refractivity contribution is 5.87. The van der Waals surface area contributed by atoms with E-state index in [1.165, 1.54) is 0 Å². The molecule has 0 atom stereocenters. The molecule has 0 aromatic carbocycles. The van der Waals surface area contributed by atoms with Gasteiger partial charge in [0.2, 0.25) is 0 Å². The Hall–Kier alpha value is -1.33. The summed E-state index contributed by atoms with van der Waals surface area (Å²) >= 11 is 0. The summed E-state index contributed by atoms with van der Waals surface area (Å²) in [5, 5.41) is 0. The third-order valence-electron chi connectivity index (χ3n) is 2.56. The quantitative estimate of drug-likeness (QED) is 0.305. The number of carbonyl (C=O) groups is 2. The molecule has 0 fully saturated rings. The van der Waals surface area contributed by atoms with Crippen molar-refractivity contribution in [1.29, 1.82) is 0 Å². The molecule has 0 bridgehead atoms. The van der Waals surface area contributed by atoms with E-state index in [0.29, 0.717) is 41.9 Å². The van der Waals surface area contributed by atoms with Gasteiger partial charge in [0.15, 0.2) is 0 Å². The lowest BCUT2D eigenvalue weighted by Gasteiger charge is -2.29. The van der Waals surface area contributed by atoms with Crippen LogP contribution in [0.25, 0.3) is 0 Å². The third kappa shape index (κ3) is 9.58. The Kier molecular flexibility index (Phi) is 10.0. The van der Waals surface area contributed by atoms with Crippen molar-refractivity contribution >= 4 is 11.9 Å². The number of esters is 2. The summed E-state index contributed by atoms with van der Waals surface area (Å²) in [5.41, 5.74) is 0.779. The molecule has 0 unspecified atom stereocenters. The van der Waals surface area contributed by atoms with Crippen LogP contribution >= 0.6 is 0 Å². The molecule has 0 saturated carbocycles. The molecule has 20 heavy (non-hydrogen) atoms. The highest BCUT2D eigenvalue weighted by Crippen LogP contribution is 2.00. The zero-order valence-corrected chi connectivity index (χ0v) is 13.5. The van der Waals surface area contributed by atoms with E-state index in [4.69, 9.17) is 9.47 Å². The minimum Gasteiger partial charge on any atom is -1.00 e. The summed E-state index contributed by atoms with van der Waals surface area (Å²) in [6.45, 7) is 12.2. The van der Waals surface area contributed by atoms with Crippen LogP contribution in [0.15, 0.2) is 24.3 Å². The Bertz CT molecular complexity index is 343. The van der Waals surface area contributed by atoms with Crippen LogP contribution in [-0.2, 0) is 19.1 Å². The molecule has 0 aliphatic carbocycles. The summed E-state index contributed by atoms with van der Waals surface area (Å²) < 4.78 is 10.6. The summed E-state index contributed by atoms with van der Waals surface area (Å²) in [6.07, 6.45) is 0. The highest BCUT2D eigenvalue weighted by Gasteiger charge is 2.17. The van der Waals surface area contributed by atoms with Gasteiger partial charge >= 0.3 is 11.9 Å². The molecule has 0 spiro atoms. The van der Waals surface area contributed by atoms with Gasteiger partial charge in [0, 0.05) is 11.1 Å². The van der Waals surface area contributed by atoms with Crippen LogP contribution in [0, 0.1) is 0 Å². The van der Waals surface area contributed by atoms with Gasteiger partial charge in [0.25, 0.3) is 0 Å². The number of quaternary nitrogens is 1. The molecule has 0 N–H and O–H groups in total. The van der Waals surface area contributed by atoms with Crippen LogP contribution < -0.4 is 12.4 Å². The SMILES string of the molecule is C=C(C)C(=O)OCC[N+](C)(C)CCOC(=O)C(=C)C.[Cl-]. The van der Waals surface area contributed by atoms with E-state index in [9.17, 15) is 9.59 Å². The molecule has 0 aliphatic rings. The van der Waals surface area contributed by atoms with Crippen molar-refractivity contribution in [3.63, 3.8) is 0 Å². The second-order valence-electron chi connectivity index (χ2n) is 5.22. The van der Waals surface area contributed by atoms with E-state index in [1.807, 2.05) is 14.1 Å². The zero-order valence-electron chi connectivity index (χ0n) is 12.7. The maximum atomic E-state index is 11.2. The second-order valence-corrected chi connectivity index (χ2v) is 5.22. The molecule has 0 saturated heterocycles. The zero-order chi connectivity index (χ0) is 15.1. The van der Waals surface area contributed by atoms with Crippen LogP contribution in [0.1, 0.15) is 13.8 Å². The van der Waals surface area contributed by atoms with Crippen molar-refractivity contribution in [1.82, 2.24) is 0 Å². The molecule has 0 aliphatic heterocycles. The van der Waals surface area contributed by atoms with E-state index in [0.717, 1.165) is 0 Å². The van der Waals surface area contributed by atoms with Gasteiger partial charge in [0.05, 0.1) is 14.1 Å². The number of hydrogen-bond acceptors (Lipinski definition) is 4. The molecule has 0 amide bonds. The average molecular weight is 306 g/mol. The topological polar surface area (TPSA) is 52.6 Å². The predicted molar refractivity (Wildman–Crippen MR) is 73.4 cm³/mol. The van der Waals surface area contributed by atoms with Crippen molar-refractivity contribution in [2.45, 2.75) is 13.8 Å². The number of rotatable bonds is 8. The van der Waals surface area contributed by atoms with Crippen molar-refractivity contribution in [3.8, 4) is 0 Å². The number of halogens is 1. The standard InChI is InChI=1S/C14H24NO4.ClH/c1-11(2)13(16)18-9-7-15(5,6)8-10-19-14(17)12(3)4;/h1,3,7-10H2,2,4-6H3;1H/q+1;/p-1. The Morgan fingerprint density at radius 1 is 0.900 bits per heavy atom. The van der Waals surface area contributed by atoms with E-state index >= 15 is 0 Å². The number of ether oxygens (including phenoxy) is 2. The van der Waals surface area contributed by atoms with Gasteiger partial charge in [-0.1, -0.05) is 13.2 Å². The summed E-state index contributed by atoms with van der Waals surface area (Å²) in [7, 11) is 3.95. The van der Waals surface area contributed by atoms with Crippen LogP contribution in [-0.4, -0.2) is 56.8 Å². The van der Waals surface area contributed by atoms with Gasteiger partial charge in [-0.15, -0.1) is 0 Å². The van der Waals surface area contributed by atoms with Gasteiger partial charge in [0.1, 0.15) is 26.3 Å². The minimum atomic E-state index is -0.381. The van der Waals surface area contributed by atoms with Gasteiger partial charge in [-0.25, -0.2) is 9.59 Å². The molecule has 116 valence electrons. The van der Waals surface area contributed by atoms with E-state index < -0.39 is 0 Å². The monoisotopic (exact) mass is 305 g/mol. The molecule has 0 heterocycles. The predicted octanol–water partition coefficient (Wildman–Crippen LogP) is -1.69. The molecule has 0 aromatic rings. The molecule has 6 heteroatoms. The number of nitrogens with zero attached hydrogens (tertiary/aromatic N) is 1. The maximum absolute atomic E-state index is 11.2. The van der Waals surface area contributed by atoms with Crippen LogP contribution in [0.3, 0.4) is 0 Å². The first kappa shape index (κ1) is 21.0. The van der Waals surface area contributed by atoms with Crippen molar-refractivity contribution in [2.24, 2.45) is 0 Å². The second kappa shape index (κ2) is 9.55. The molecule has 0 aromatic heterocycles. The Morgan fingerprint density at radius 2 is 1.20 bits per heavy atom. The van der Waals surface area contributed by atoms with E-state index in [1.54, 1.807) is 13.8 Å². The Morgan fingerprint density at radius 3 is 1.45 bits per heavy atom. The van der Waals surface area contributed by atoms with Crippen molar-refractivity contribution in [2.75, 3.05) is 40.4 Å². The van der Waals surface area contributed by atoms with Crippen LogP contribution in [0.4, 0.5) is 0 Å². The Balaban J connectivity index is 0. The highest BCUT2D eigenvalue weighted by atomic mass is 35.5. The van der Waals surface area contributed by atoms with E-state index in [-0.39, 0.29) is 24.3 Å². The summed E-state index contributed by atoms with van der Waals surface area (Å²) in [6, 6.07) is 0. The summed E-state index contributed by atoms with van der Waals surface area (Å²) in [4.78, 5) is 22.4. The lowest BCUT2D eigenvalue weighted by Crippen LogP contribution is -3.00. The fraction of sp³-hybridized carbons (Fsp3) is 0.571. The fourth-order valence-corrected chi connectivity index (χ4v) is 1.13. The Labute approximate surface area is 127 Å². The third-order valence-corrected chi connectivity index (χ3v) is 2.56. The molecular formula is C14H24ClNO4.